The summed E-state index contributed by atoms with van der Waals surface area (Å²) in [6.45, 7) is 4.38. The van der Waals surface area contributed by atoms with Crippen molar-refractivity contribution in [3.8, 4) is 0 Å². The summed E-state index contributed by atoms with van der Waals surface area (Å²) in [4.78, 5) is 0. The first kappa shape index (κ1) is 11.7. The molecule has 0 N–H and O–H groups in total. The van der Waals surface area contributed by atoms with Gasteiger partial charge in [0.25, 0.3) is 0 Å². The summed E-state index contributed by atoms with van der Waals surface area (Å²) in [7, 11) is 0. The first-order chi connectivity index (χ1) is 5.93. The lowest BCUT2D eigenvalue weighted by Crippen LogP contribution is -2.04. The van der Waals surface area contributed by atoms with Gasteiger partial charge >= 0.3 is 0 Å². The van der Waals surface area contributed by atoms with Crippen LogP contribution in [-0.2, 0) is 2.14 Å². The number of hydrogen-bond donors (Lipinski definition) is 0. The maximum atomic E-state index is 3.54. The van der Waals surface area contributed by atoms with Gasteiger partial charge in [0.15, 0.2) is 2.14 Å². The summed E-state index contributed by atoms with van der Waals surface area (Å²) in [5.74, 6) is 0.531. The third kappa shape index (κ3) is 3.07. The molecule has 0 radical (unpaired) electrons. The number of benzene rings is 1. The molecule has 3 heteroatoms. The highest BCUT2D eigenvalue weighted by molar-refractivity contribution is 9.38. The molecular formula is C10H11Br3. The van der Waals surface area contributed by atoms with Crippen molar-refractivity contribution in [2.24, 2.45) is 0 Å². The van der Waals surface area contributed by atoms with Crippen LogP contribution in [0.2, 0.25) is 0 Å². The molecule has 0 fully saturated rings. The van der Waals surface area contributed by atoms with E-state index in [1.807, 2.05) is 6.07 Å². The molecule has 0 aliphatic rings. The quantitative estimate of drug-likeness (QED) is 0.603. The fourth-order valence-electron chi connectivity index (χ4n) is 1.26. The van der Waals surface area contributed by atoms with E-state index in [9.17, 15) is 0 Å². The minimum Gasteiger partial charge on any atom is -0.0620 e. The van der Waals surface area contributed by atoms with E-state index >= 15 is 0 Å². The highest BCUT2D eigenvalue weighted by atomic mass is 80.0. The summed E-state index contributed by atoms with van der Waals surface area (Å²) in [5.41, 5.74) is 2.57. The van der Waals surface area contributed by atoms with Crippen LogP contribution in [0.5, 0.6) is 0 Å². The molecule has 0 nitrogen and oxygen atoms in total. The van der Waals surface area contributed by atoms with Gasteiger partial charge in [0, 0.05) is 0 Å². The Hall–Kier alpha value is 0.660. The average molecular weight is 371 g/mol. The highest BCUT2D eigenvalue weighted by Gasteiger charge is 2.24. The lowest BCUT2D eigenvalue weighted by Gasteiger charge is -2.19. The van der Waals surface area contributed by atoms with Crippen LogP contribution in [0.1, 0.15) is 30.9 Å². The molecule has 0 aliphatic carbocycles. The highest BCUT2D eigenvalue weighted by Crippen LogP contribution is 2.46. The van der Waals surface area contributed by atoms with E-state index < -0.39 is 0 Å². The first-order valence-electron chi connectivity index (χ1n) is 4.09. The minimum absolute atomic E-state index is 0.298. The monoisotopic (exact) mass is 368 g/mol. The second kappa shape index (κ2) is 4.45. The van der Waals surface area contributed by atoms with Crippen LogP contribution in [0.3, 0.4) is 0 Å². The molecule has 0 saturated carbocycles. The van der Waals surface area contributed by atoms with Crippen LogP contribution in [0, 0.1) is 0 Å². The standard InChI is InChI=1S/C10H11Br3/c1-7(2)8-5-3-4-6-9(8)10(11,12)13/h3-7H,1-2H3. The topological polar surface area (TPSA) is 0 Å². The predicted molar refractivity (Wildman–Crippen MR) is 69.0 cm³/mol. The van der Waals surface area contributed by atoms with Crippen LogP contribution in [0.25, 0.3) is 0 Å². The van der Waals surface area contributed by atoms with E-state index in [2.05, 4.69) is 79.8 Å². The van der Waals surface area contributed by atoms with E-state index in [1.54, 1.807) is 0 Å². The SMILES string of the molecule is CC(C)c1ccccc1C(Br)(Br)Br. The largest absolute Gasteiger partial charge is 0.160 e. The van der Waals surface area contributed by atoms with E-state index in [4.69, 9.17) is 0 Å². The molecule has 0 amide bonds. The molecule has 0 unspecified atom stereocenters. The molecule has 1 aromatic carbocycles. The summed E-state index contributed by atoms with van der Waals surface area (Å²) < 4.78 is -0.298. The van der Waals surface area contributed by atoms with Crippen LogP contribution >= 0.6 is 47.8 Å². The molecule has 13 heavy (non-hydrogen) atoms. The number of rotatable bonds is 1. The summed E-state index contributed by atoms with van der Waals surface area (Å²) in [5, 5.41) is 0. The van der Waals surface area contributed by atoms with Gasteiger partial charge in [-0.1, -0.05) is 85.9 Å². The Morgan fingerprint density at radius 2 is 1.62 bits per heavy atom. The molecule has 1 rings (SSSR count). The Morgan fingerprint density at radius 1 is 1.08 bits per heavy atom. The average Bonchev–Trinajstić information content (AvgIpc) is 2.03. The van der Waals surface area contributed by atoms with Crippen molar-refractivity contribution < 1.29 is 0 Å². The molecule has 0 spiro atoms. The molecule has 0 bridgehead atoms. The van der Waals surface area contributed by atoms with Gasteiger partial charge < -0.3 is 0 Å². The van der Waals surface area contributed by atoms with Gasteiger partial charge in [-0.15, -0.1) is 0 Å². The minimum atomic E-state index is -0.298. The van der Waals surface area contributed by atoms with Gasteiger partial charge in [-0.05, 0) is 17.0 Å². The number of alkyl halides is 3. The Bertz CT molecular complexity index is 286. The van der Waals surface area contributed by atoms with Gasteiger partial charge in [0.2, 0.25) is 0 Å². The fraction of sp³-hybridized carbons (Fsp3) is 0.400. The van der Waals surface area contributed by atoms with Crippen molar-refractivity contribution in [3.63, 3.8) is 0 Å². The van der Waals surface area contributed by atoms with Crippen molar-refractivity contribution in [3.05, 3.63) is 35.4 Å². The summed E-state index contributed by atoms with van der Waals surface area (Å²) in [6, 6.07) is 8.36. The normalized spacial score (nSPS) is 12.2. The second-order valence-electron chi connectivity index (χ2n) is 3.24. The van der Waals surface area contributed by atoms with E-state index in [0.717, 1.165) is 0 Å². The Balaban J connectivity index is 3.20. The van der Waals surface area contributed by atoms with Crippen LogP contribution in [-0.4, -0.2) is 0 Å². The van der Waals surface area contributed by atoms with Crippen molar-refractivity contribution in [1.29, 1.82) is 0 Å². The van der Waals surface area contributed by atoms with E-state index in [0.29, 0.717) is 5.92 Å². The van der Waals surface area contributed by atoms with Crippen molar-refractivity contribution in [1.82, 2.24) is 0 Å². The van der Waals surface area contributed by atoms with Crippen LogP contribution in [0.4, 0.5) is 0 Å². The van der Waals surface area contributed by atoms with Crippen molar-refractivity contribution in [2.45, 2.75) is 21.9 Å². The second-order valence-corrected chi connectivity index (χ2v) is 10.0. The Kier molecular flexibility index (Phi) is 4.02. The maximum absolute atomic E-state index is 3.54. The lowest BCUT2D eigenvalue weighted by atomic mass is 9.98. The van der Waals surface area contributed by atoms with Crippen molar-refractivity contribution >= 4 is 47.8 Å². The first-order valence-corrected chi connectivity index (χ1v) is 6.47. The van der Waals surface area contributed by atoms with E-state index in [-0.39, 0.29) is 2.14 Å². The molecule has 0 heterocycles. The van der Waals surface area contributed by atoms with Gasteiger partial charge in [0.05, 0.1) is 0 Å². The third-order valence-corrected chi connectivity index (χ3v) is 3.17. The lowest BCUT2D eigenvalue weighted by molar-refractivity contribution is 0.853. The molecule has 72 valence electrons. The van der Waals surface area contributed by atoms with Crippen molar-refractivity contribution in [2.75, 3.05) is 0 Å². The molecule has 0 aromatic heterocycles. The Morgan fingerprint density at radius 3 is 2.00 bits per heavy atom. The van der Waals surface area contributed by atoms with Crippen LogP contribution in [0.15, 0.2) is 24.3 Å². The number of halogens is 3. The zero-order valence-electron chi connectivity index (χ0n) is 7.52. The Labute approximate surface area is 104 Å². The van der Waals surface area contributed by atoms with E-state index in [1.165, 1.54) is 11.1 Å². The smallest absolute Gasteiger partial charge is 0.0620 e. The zero-order chi connectivity index (χ0) is 10.1. The summed E-state index contributed by atoms with van der Waals surface area (Å²) >= 11 is 10.6. The third-order valence-electron chi connectivity index (χ3n) is 1.89. The predicted octanol–water partition coefficient (Wildman–Crippen LogP) is 5.11. The molecule has 0 saturated heterocycles. The molecule has 1 aromatic rings. The maximum Gasteiger partial charge on any atom is 0.160 e. The van der Waals surface area contributed by atoms with Crippen LogP contribution < -0.4 is 0 Å². The summed E-state index contributed by atoms with van der Waals surface area (Å²) in [6.07, 6.45) is 0. The fourth-order valence-corrected chi connectivity index (χ4v) is 2.34. The molecular weight excluding hydrogens is 360 g/mol. The van der Waals surface area contributed by atoms with Gasteiger partial charge in [-0.2, -0.15) is 0 Å². The van der Waals surface area contributed by atoms with Gasteiger partial charge in [0.1, 0.15) is 0 Å². The zero-order valence-corrected chi connectivity index (χ0v) is 12.3. The number of hydrogen-bond acceptors (Lipinski definition) is 0. The van der Waals surface area contributed by atoms with Gasteiger partial charge in [-0.3, -0.25) is 0 Å². The molecule has 0 atom stereocenters. The van der Waals surface area contributed by atoms with Gasteiger partial charge in [-0.25, -0.2) is 0 Å². The molecule has 0 aliphatic heterocycles.